The number of carbonyl (C=O) groups is 2. The van der Waals surface area contributed by atoms with Crippen LogP contribution >= 0.6 is 0 Å². The first-order valence-electron chi connectivity index (χ1n) is 13.6. The number of halogens is 2. The Morgan fingerprint density at radius 2 is 1.51 bits per heavy atom. The van der Waals surface area contributed by atoms with E-state index in [2.05, 4.69) is 21.9 Å². The van der Waals surface area contributed by atoms with Crippen molar-refractivity contribution < 1.29 is 31.9 Å². The van der Waals surface area contributed by atoms with Gasteiger partial charge in [-0.05, 0) is 66.1 Å². The van der Waals surface area contributed by atoms with Gasteiger partial charge in [0.05, 0.1) is 5.56 Å². The number of carboxylic acid groups (broad SMARTS) is 1. The molecule has 0 bridgehead atoms. The average molecular weight is 611 g/mol. The van der Waals surface area contributed by atoms with Crippen LogP contribution in [0.4, 0.5) is 14.5 Å². The van der Waals surface area contributed by atoms with Crippen molar-refractivity contribution in [3.8, 4) is 11.8 Å². The van der Waals surface area contributed by atoms with Gasteiger partial charge in [0, 0.05) is 49.5 Å². The van der Waals surface area contributed by atoms with Crippen LogP contribution in [-0.2, 0) is 21.5 Å². The molecule has 0 aromatic heterocycles. The van der Waals surface area contributed by atoms with Gasteiger partial charge in [-0.2, -0.15) is 17.4 Å². The summed E-state index contributed by atoms with van der Waals surface area (Å²) in [5.74, 6) is 2.64. The molecule has 3 aromatic carbocycles. The molecule has 1 heterocycles. The maximum absolute atomic E-state index is 14.4. The summed E-state index contributed by atoms with van der Waals surface area (Å²) in [6.45, 7) is 4.65. The van der Waals surface area contributed by atoms with E-state index in [4.69, 9.17) is 0 Å². The van der Waals surface area contributed by atoms with E-state index in [0.29, 0.717) is 29.8 Å². The normalized spacial score (nSPS) is 14.6. The van der Waals surface area contributed by atoms with Gasteiger partial charge in [0.25, 0.3) is 16.1 Å². The minimum atomic E-state index is -3.95. The standard InChI is InChI=1S/C31H32F2N4O5S/c1-21(2)29(31(39)40)35-43(41,42)37-17-15-36(16-18-37)26-12-7-22(8-13-26)3-4-23-9-14-28(33)27(19-23)30(38)34-20-24-5-10-25(32)11-6-24/h5-14,19,21,29,35H,15-18,20H2,1-2H3,(H,34,38)(H,39,40). The fraction of sp³-hybridized carbons (Fsp3) is 0.290. The van der Waals surface area contributed by atoms with Crippen molar-refractivity contribution in [1.29, 1.82) is 0 Å². The van der Waals surface area contributed by atoms with E-state index in [0.717, 1.165) is 5.69 Å². The van der Waals surface area contributed by atoms with Gasteiger partial charge in [-0.25, -0.2) is 8.78 Å². The molecular formula is C31H32F2N4O5S. The highest BCUT2D eigenvalue weighted by atomic mass is 32.2. The van der Waals surface area contributed by atoms with Gasteiger partial charge in [0.2, 0.25) is 0 Å². The molecule has 226 valence electrons. The Hall–Kier alpha value is -4.31. The molecule has 12 heteroatoms. The zero-order valence-corrected chi connectivity index (χ0v) is 24.5. The summed E-state index contributed by atoms with van der Waals surface area (Å²) >= 11 is 0. The number of amides is 1. The van der Waals surface area contributed by atoms with Crippen LogP contribution in [0, 0.1) is 29.4 Å². The Balaban J connectivity index is 1.35. The molecule has 3 aromatic rings. The summed E-state index contributed by atoms with van der Waals surface area (Å²) in [4.78, 5) is 26.0. The number of piperazine rings is 1. The number of carboxylic acids is 1. The third-order valence-electron chi connectivity index (χ3n) is 6.95. The highest BCUT2D eigenvalue weighted by Gasteiger charge is 2.33. The zero-order valence-electron chi connectivity index (χ0n) is 23.7. The van der Waals surface area contributed by atoms with Gasteiger partial charge < -0.3 is 15.3 Å². The van der Waals surface area contributed by atoms with E-state index < -0.39 is 39.9 Å². The fourth-order valence-corrected chi connectivity index (χ4v) is 5.94. The molecule has 1 aliphatic rings. The largest absolute Gasteiger partial charge is 0.480 e. The van der Waals surface area contributed by atoms with E-state index in [1.54, 1.807) is 13.8 Å². The number of aliphatic carboxylic acids is 1. The minimum absolute atomic E-state index is 0.117. The van der Waals surface area contributed by atoms with E-state index in [-0.39, 0.29) is 31.0 Å². The second kappa shape index (κ2) is 13.8. The second-order valence-electron chi connectivity index (χ2n) is 10.4. The second-order valence-corrected chi connectivity index (χ2v) is 12.1. The van der Waals surface area contributed by atoms with Gasteiger partial charge in [0.15, 0.2) is 0 Å². The van der Waals surface area contributed by atoms with E-state index in [9.17, 15) is 31.9 Å². The van der Waals surface area contributed by atoms with Crippen molar-refractivity contribution in [2.45, 2.75) is 26.4 Å². The highest BCUT2D eigenvalue weighted by Crippen LogP contribution is 2.19. The predicted molar refractivity (Wildman–Crippen MR) is 158 cm³/mol. The van der Waals surface area contributed by atoms with E-state index in [1.807, 2.05) is 29.2 Å². The van der Waals surface area contributed by atoms with Gasteiger partial charge in [-0.3, -0.25) is 9.59 Å². The van der Waals surface area contributed by atoms with Gasteiger partial charge in [-0.1, -0.05) is 37.8 Å². The maximum atomic E-state index is 14.4. The Labute approximate surface area is 249 Å². The molecule has 1 unspecified atom stereocenters. The average Bonchev–Trinajstić information content (AvgIpc) is 2.99. The first-order valence-corrected chi connectivity index (χ1v) is 15.1. The lowest BCUT2D eigenvalue weighted by molar-refractivity contribution is -0.140. The van der Waals surface area contributed by atoms with Crippen LogP contribution < -0.4 is 14.9 Å². The number of nitrogens with one attached hydrogen (secondary N) is 2. The molecule has 1 atom stereocenters. The molecular weight excluding hydrogens is 578 g/mol. The Bertz CT molecular complexity index is 1630. The van der Waals surface area contributed by atoms with E-state index >= 15 is 0 Å². The molecule has 0 aliphatic carbocycles. The quantitative estimate of drug-likeness (QED) is 0.320. The monoisotopic (exact) mass is 610 g/mol. The van der Waals surface area contributed by atoms with Crippen molar-refractivity contribution in [2.24, 2.45) is 5.92 Å². The first kappa shape index (κ1) is 31.6. The predicted octanol–water partition coefficient (Wildman–Crippen LogP) is 3.36. The van der Waals surface area contributed by atoms with Crippen LogP contribution in [-0.4, -0.2) is 61.9 Å². The molecule has 1 fully saturated rings. The molecule has 9 nitrogen and oxygen atoms in total. The molecule has 0 spiro atoms. The maximum Gasteiger partial charge on any atom is 0.322 e. The number of carbonyl (C=O) groups excluding carboxylic acids is 1. The van der Waals surface area contributed by atoms with Crippen LogP contribution in [0.25, 0.3) is 0 Å². The number of benzene rings is 3. The summed E-state index contributed by atoms with van der Waals surface area (Å²) in [7, 11) is -3.95. The fourth-order valence-electron chi connectivity index (χ4n) is 4.45. The van der Waals surface area contributed by atoms with E-state index in [1.165, 1.54) is 46.8 Å². The van der Waals surface area contributed by atoms with Gasteiger partial charge >= 0.3 is 5.97 Å². The molecule has 1 amide bonds. The lowest BCUT2D eigenvalue weighted by Crippen LogP contribution is -2.55. The molecule has 1 aliphatic heterocycles. The SMILES string of the molecule is CC(C)C(NS(=O)(=O)N1CCN(c2ccc(C#Cc3ccc(F)c(C(=O)NCc4ccc(F)cc4)c3)cc2)CC1)C(=O)O. The Morgan fingerprint density at radius 3 is 2.12 bits per heavy atom. The molecule has 43 heavy (non-hydrogen) atoms. The zero-order chi connectivity index (χ0) is 31.1. The highest BCUT2D eigenvalue weighted by molar-refractivity contribution is 7.87. The van der Waals surface area contributed by atoms with Gasteiger partial charge in [0.1, 0.15) is 17.7 Å². The topological polar surface area (TPSA) is 119 Å². The third-order valence-corrected chi connectivity index (χ3v) is 8.54. The third kappa shape index (κ3) is 8.38. The van der Waals surface area contributed by atoms with Crippen molar-refractivity contribution in [3.63, 3.8) is 0 Å². The van der Waals surface area contributed by atoms with Crippen LogP contribution in [0.2, 0.25) is 0 Å². The summed E-state index contributed by atoms with van der Waals surface area (Å²) in [6, 6.07) is 15.8. The lowest BCUT2D eigenvalue weighted by Gasteiger charge is -2.36. The Kier molecular flexibility index (Phi) is 10.1. The lowest BCUT2D eigenvalue weighted by atomic mass is 10.1. The molecule has 0 saturated carbocycles. The van der Waals surface area contributed by atoms with Crippen LogP contribution in [0.1, 0.15) is 40.9 Å². The summed E-state index contributed by atoms with van der Waals surface area (Å²) in [6.07, 6.45) is 0. The number of hydrogen-bond donors (Lipinski definition) is 3. The molecule has 3 N–H and O–H groups in total. The summed E-state index contributed by atoms with van der Waals surface area (Å²) in [5.41, 5.74) is 2.54. The molecule has 4 rings (SSSR count). The van der Waals surface area contributed by atoms with Crippen molar-refractivity contribution in [2.75, 3.05) is 31.1 Å². The van der Waals surface area contributed by atoms with Crippen LogP contribution in [0.5, 0.6) is 0 Å². The number of anilines is 1. The minimum Gasteiger partial charge on any atom is -0.480 e. The summed E-state index contributed by atoms with van der Waals surface area (Å²) < 4.78 is 56.4. The van der Waals surface area contributed by atoms with Gasteiger partial charge in [-0.15, -0.1) is 0 Å². The van der Waals surface area contributed by atoms with Crippen molar-refractivity contribution >= 4 is 27.8 Å². The van der Waals surface area contributed by atoms with Crippen LogP contribution in [0.15, 0.2) is 66.7 Å². The summed E-state index contributed by atoms with van der Waals surface area (Å²) in [5, 5.41) is 11.9. The smallest absolute Gasteiger partial charge is 0.322 e. The number of nitrogens with zero attached hydrogens (tertiary/aromatic N) is 2. The molecule has 0 radical (unpaired) electrons. The Morgan fingerprint density at radius 1 is 0.907 bits per heavy atom. The number of rotatable bonds is 9. The van der Waals surface area contributed by atoms with Crippen molar-refractivity contribution in [3.05, 3.63) is 101 Å². The molecule has 1 saturated heterocycles. The van der Waals surface area contributed by atoms with Crippen LogP contribution in [0.3, 0.4) is 0 Å². The van der Waals surface area contributed by atoms with Crippen molar-refractivity contribution in [1.82, 2.24) is 14.3 Å². The first-order chi connectivity index (χ1) is 20.4. The number of hydrogen-bond acceptors (Lipinski definition) is 5.